The number of rotatable bonds is 4. The number of pyridine rings is 1. The fourth-order valence-electron chi connectivity index (χ4n) is 0.859. The van der Waals surface area contributed by atoms with Gasteiger partial charge in [-0.05, 0) is 6.07 Å². The van der Waals surface area contributed by atoms with Gasteiger partial charge < -0.3 is 5.32 Å². The van der Waals surface area contributed by atoms with Crippen molar-refractivity contribution >= 4 is 35.8 Å². The van der Waals surface area contributed by atoms with Crippen molar-refractivity contribution in [2.24, 2.45) is 0 Å². The minimum Gasteiger partial charge on any atom is -0.310 e. The van der Waals surface area contributed by atoms with Crippen LogP contribution in [0.2, 0.25) is 10.0 Å². The van der Waals surface area contributed by atoms with Crippen LogP contribution in [0, 0.1) is 0 Å². The SMILES string of the molecule is SCCNCc1ncc(Cl)cc1Cl. The summed E-state index contributed by atoms with van der Waals surface area (Å²) in [6, 6.07) is 1.69. The van der Waals surface area contributed by atoms with Gasteiger partial charge in [0.1, 0.15) is 0 Å². The normalized spacial score (nSPS) is 10.4. The van der Waals surface area contributed by atoms with Crippen molar-refractivity contribution in [3.05, 3.63) is 28.0 Å². The van der Waals surface area contributed by atoms with E-state index < -0.39 is 0 Å². The third-order valence-corrected chi connectivity index (χ3v) is 2.22. The highest BCUT2D eigenvalue weighted by Gasteiger charge is 2.01. The zero-order valence-corrected chi connectivity index (χ0v) is 9.33. The molecule has 72 valence electrons. The minimum absolute atomic E-state index is 0.558. The van der Waals surface area contributed by atoms with E-state index in [-0.39, 0.29) is 0 Å². The molecule has 0 saturated heterocycles. The Morgan fingerprint density at radius 3 is 2.85 bits per heavy atom. The van der Waals surface area contributed by atoms with E-state index >= 15 is 0 Å². The van der Waals surface area contributed by atoms with Crippen LogP contribution in [0.3, 0.4) is 0 Å². The maximum Gasteiger partial charge on any atom is 0.0728 e. The molecule has 13 heavy (non-hydrogen) atoms. The van der Waals surface area contributed by atoms with Gasteiger partial charge >= 0.3 is 0 Å². The predicted molar refractivity (Wildman–Crippen MR) is 59.8 cm³/mol. The maximum atomic E-state index is 5.90. The molecule has 0 aliphatic carbocycles. The number of hydrogen-bond acceptors (Lipinski definition) is 3. The standard InChI is InChI=1S/C8H10Cl2N2S/c9-6-3-7(10)8(12-4-6)5-11-1-2-13/h3-4,11,13H,1-2,5H2. The topological polar surface area (TPSA) is 24.9 Å². The predicted octanol–water partition coefficient (Wildman–Crippen LogP) is 2.41. The molecular formula is C8H10Cl2N2S. The van der Waals surface area contributed by atoms with Crippen molar-refractivity contribution in [1.82, 2.24) is 10.3 Å². The number of aromatic nitrogens is 1. The van der Waals surface area contributed by atoms with Gasteiger partial charge in [0.05, 0.1) is 15.7 Å². The first-order chi connectivity index (χ1) is 6.24. The Morgan fingerprint density at radius 2 is 2.23 bits per heavy atom. The van der Waals surface area contributed by atoms with E-state index in [0.29, 0.717) is 16.6 Å². The molecule has 5 heteroatoms. The highest BCUT2D eigenvalue weighted by molar-refractivity contribution is 7.80. The third-order valence-electron chi connectivity index (χ3n) is 1.47. The molecule has 0 aliphatic rings. The van der Waals surface area contributed by atoms with Crippen LogP contribution >= 0.6 is 35.8 Å². The van der Waals surface area contributed by atoms with Crippen LogP contribution in [0.4, 0.5) is 0 Å². The fourth-order valence-corrected chi connectivity index (χ4v) is 1.46. The van der Waals surface area contributed by atoms with Crippen LogP contribution in [0.15, 0.2) is 12.3 Å². The zero-order valence-electron chi connectivity index (χ0n) is 6.93. The summed E-state index contributed by atoms with van der Waals surface area (Å²) in [5, 5.41) is 4.30. The van der Waals surface area contributed by atoms with E-state index in [1.807, 2.05) is 0 Å². The molecule has 0 spiro atoms. The lowest BCUT2D eigenvalue weighted by Crippen LogP contribution is -2.16. The number of hydrogen-bond donors (Lipinski definition) is 2. The number of thiol groups is 1. The monoisotopic (exact) mass is 236 g/mol. The summed E-state index contributed by atoms with van der Waals surface area (Å²) in [5.74, 6) is 0.797. The Labute approximate surface area is 93.1 Å². The Bertz CT molecular complexity index is 281. The van der Waals surface area contributed by atoms with Gasteiger partial charge in [0.15, 0.2) is 0 Å². The van der Waals surface area contributed by atoms with Crippen molar-refractivity contribution in [2.75, 3.05) is 12.3 Å². The molecule has 0 radical (unpaired) electrons. The summed E-state index contributed by atoms with van der Waals surface area (Å²) in [6.07, 6.45) is 1.59. The molecular weight excluding hydrogens is 227 g/mol. The maximum absolute atomic E-state index is 5.90. The molecule has 0 fully saturated rings. The van der Waals surface area contributed by atoms with Gasteiger partial charge in [-0.1, -0.05) is 23.2 Å². The summed E-state index contributed by atoms with van der Waals surface area (Å²) in [6.45, 7) is 1.49. The summed E-state index contributed by atoms with van der Waals surface area (Å²) >= 11 is 15.7. The van der Waals surface area contributed by atoms with Crippen molar-refractivity contribution < 1.29 is 0 Å². The van der Waals surface area contributed by atoms with Crippen LogP contribution in [0.1, 0.15) is 5.69 Å². The fraction of sp³-hybridized carbons (Fsp3) is 0.375. The van der Waals surface area contributed by atoms with E-state index in [1.54, 1.807) is 12.3 Å². The average molecular weight is 237 g/mol. The molecule has 0 bridgehead atoms. The van der Waals surface area contributed by atoms with Crippen molar-refractivity contribution in [1.29, 1.82) is 0 Å². The molecule has 0 saturated carbocycles. The molecule has 0 atom stereocenters. The number of nitrogens with one attached hydrogen (secondary N) is 1. The molecule has 0 amide bonds. The molecule has 1 rings (SSSR count). The van der Waals surface area contributed by atoms with Gasteiger partial charge in [-0.3, -0.25) is 4.98 Å². The second kappa shape index (κ2) is 5.70. The summed E-state index contributed by atoms with van der Waals surface area (Å²) in [7, 11) is 0. The Morgan fingerprint density at radius 1 is 1.46 bits per heavy atom. The van der Waals surface area contributed by atoms with Gasteiger partial charge in [0, 0.05) is 25.0 Å². The van der Waals surface area contributed by atoms with Gasteiger partial charge in [0.25, 0.3) is 0 Å². The molecule has 2 nitrogen and oxygen atoms in total. The van der Waals surface area contributed by atoms with Crippen LogP contribution in [0.5, 0.6) is 0 Å². The molecule has 1 heterocycles. The van der Waals surface area contributed by atoms with E-state index in [2.05, 4.69) is 22.9 Å². The van der Waals surface area contributed by atoms with Gasteiger partial charge in [-0.25, -0.2) is 0 Å². The summed E-state index contributed by atoms with van der Waals surface area (Å²) in [4.78, 5) is 4.10. The zero-order chi connectivity index (χ0) is 9.68. The van der Waals surface area contributed by atoms with Gasteiger partial charge in [0.2, 0.25) is 0 Å². The second-order valence-corrected chi connectivity index (χ2v) is 3.77. The summed E-state index contributed by atoms with van der Waals surface area (Å²) in [5.41, 5.74) is 0.813. The van der Waals surface area contributed by atoms with Crippen molar-refractivity contribution in [3.63, 3.8) is 0 Å². The highest BCUT2D eigenvalue weighted by atomic mass is 35.5. The quantitative estimate of drug-likeness (QED) is 0.621. The smallest absolute Gasteiger partial charge is 0.0728 e. The first-order valence-corrected chi connectivity index (χ1v) is 5.24. The Balaban J connectivity index is 2.56. The third kappa shape index (κ3) is 3.73. The lowest BCUT2D eigenvalue weighted by molar-refractivity contribution is 0.716. The molecule has 1 aromatic rings. The molecule has 1 N–H and O–H groups in total. The lowest BCUT2D eigenvalue weighted by Gasteiger charge is -2.04. The van der Waals surface area contributed by atoms with Crippen LogP contribution < -0.4 is 5.32 Å². The van der Waals surface area contributed by atoms with E-state index in [0.717, 1.165) is 18.0 Å². The van der Waals surface area contributed by atoms with Gasteiger partial charge in [-0.2, -0.15) is 12.6 Å². The lowest BCUT2D eigenvalue weighted by atomic mass is 10.3. The largest absolute Gasteiger partial charge is 0.310 e. The van der Waals surface area contributed by atoms with E-state index in [4.69, 9.17) is 23.2 Å². The number of nitrogens with zero attached hydrogens (tertiary/aromatic N) is 1. The second-order valence-electron chi connectivity index (χ2n) is 2.48. The van der Waals surface area contributed by atoms with E-state index in [9.17, 15) is 0 Å². The van der Waals surface area contributed by atoms with E-state index in [1.165, 1.54) is 0 Å². The molecule has 0 aliphatic heterocycles. The van der Waals surface area contributed by atoms with Crippen molar-refractivity contribution in [3.8, 4) is 0 Å². The minimum atomic E-state index is 0.558. The Kier molecular flexibility index (Phi) is 4.88. The van der Waals surface area contributed by atoms with Crippen LogP contribution in [-0.2, 0) is 6.54 Å². The Hall–Kier alpha value is 0.0400. The first-order valence-electron chi connectivity index (χ1n) is 3.85. The molecule has 0 aromatic carbocycles. The molecule has 1 aromatic heterocycles. The molecule has 0 unspecified atom stereocenters. The first kappa shape index (κ1) is 11.1. The average Bonchev–Trinajstić information content (AvgIpc) is 2.09. The van der Waals surface area contributed by atoms with Crippen LogP contribution in [-0.4, -0.2) is 17.3 Å². The van der Waals surface area contributed by atoms with Gasteiger partial charge in [-0.15, -0.1) is 0 Å². The highest BCUT2D eigenvalue weighted by Crippen LogP contribution is 2.17. The van der Waals surface area contributed by atoms with Crippen molar-refractivity contribution in [2.45, 2.75) is 6.54 Å². The van der Waals surface area contributed by atoms with Crippen LogP contribution in [0.25, 0.3) is 0 Å². The number of halogens is 2. The summed E-state index contributed by atoms with van der Waals surface area (Å²) < 4.78 is 0.